The maximum Gasteiger partial charge on any atom is 0.241 e. The molecule has 0 heterocycles. The molecule has 1 fully saturated rings. The summed E-state index contributed by atoms with van der Waals surface area (Å²) in [7, 11) is -0.716. The summed E-state index contributed by atoms with van der Waals surface area (Å²) in [5, 5.41) is 0.626. The minimum absolute atomic E-state index is 0.143. The second kappa shape index (κ2) is 7.23. The Labute approximate surface area is 153 Å². The monoisotopic (exact) mass is 381 g/mol. The van der Waals surface area contributed by atoms with Crippen LogP contribution >= 0.6 is 11.6 Å². The topological polar surface area (TPSA) is 64.6 Å². The molecule has 0 bridgehead atoms. The van der Waals surface area contributed by atoms with Crippen LogP contribution in [0.15, 0.2) is 47.4 Å². The summed E-state index contributed by atoms with van der Waals surface area (Å²) < 4.78 is 38.9. The largest absolute Gasteiger partial charge is 0.493 e. The molecule has 0 unspecified atom stereocenters. The highest BCUT2D eigenvalue weighted by atomic mass is 35.5. The molecule has 0 aromatic heterocycles. The van der Waals surface area contributed by atoms with Gasteiger partial charge in [-0.15, -0.1) is 0 Å². The predicted molar refractivity (Wildman–Crippen MR) is 96.8 cm³/mol. The van der Waals surface area contributed by atoms with Crippen LogP contribution in [0.5, 0.6) is 11.5 Å². The molecule has 0 saturated heterocycles. The summed E-state index contributed by atoms with van der Waals surface area (Å²) in [5.41, 5.74) is 0.913. The van der Waals surface area contributed by atoms with Crippen LogP contribution in [-0.2, 0) is 10.0 Å². The van der Waals surface area contributed by atoms with E-state index >= 15 is 0 Å². The van der Waals surface area contributed by atoms with Gasteiger partial charge in [-0.1, -0.05) is 23.7 Å². The molecule has 1 N–H and O–H groups in total. The molecule has 5 nitrogen and oxygen atoms in total. The molecule has 134 valence electrons. The van der Waals surface area contributed by atoms with Crippen molar-refractivity contribution in [3.05, 3.63) is 53.1 Å². The molecule has 0 spiro atoms. The van der Waals surface area contributed by atoms with Gasteiger partial charge in [-0.3, -0.25) is 0 Å². The van der Waals surface area contributed by atoms with Gasteiger partial charge in [0.15, 0.2) is 11.5 Å². The Bertz CT molecular complexity index is 848. The summed E-state index contributed by atoms with van der Waals surface area (Å²) in [5.74, 6) is 1.16. The first-order valence-electron chi connectivity index (χ1n) is 7.94. The van der Waals surface area contributed by atoms with E-state index in [9.17, 15) is 8.42 Å². The average Bonchev–Trinajstić information content (AvgIpc) is 3.45. The lowest BCUT2D eigenvalue weighted by Gasteiger charge is -2.19. The van der Waals surface area contributed by atoms with Gasteiger partial charge in [-0.25, -0.2) is 13.1 Å². The molecule has 25 heavy (non-hydrogen) atoms. The fourth-order valence-corrected chi connectivity index (χ4v) is 4.19. The molecular formula is C18H20ClNO4S. The van der Waals surface area contributed by atoms with Crippen LogP contribution in [0, 0.1) is 5.92 Å². The van der Waals surface area contributed by atoms with Crippen molar-refractivity contribution in [2.45, 2.75) is 23.8 Å². The van der Waals surface area contributed by atoms with Crippen molar-refractivity contribution >= 4 is 21.6 Å². The molecule has 3 rings (SSSR count). The lowest BCUT2D eigenvalue weighted by Crippen LogP contribution is -2.30. The van der Waals surface area contributed by atoms with E-state index in [0.717, 1.165) is 18.4 Å². The van der Waals surface area contributed by atoms with Gasteiger partial charge in [0.05, 0.1) is 19.1 Å². The van der Waals surface area contributed by atoms with Gasteiger partial charge >= 0.3 is 0 Å². The number of benzene rings is 2. The third-order valence-corrected chi connectivity index (χ3v) is 5.96. The van der Waals surface area contributed by atoms with Crippen molar-refractivity contribution in [3.8, 4) is 11.5 Å². The molecule has 1 aliphatic carbocycles. The SMILES string of the molecule is COc1ccc(S(=O)(=O)N[C@@H](c2ccc(Cl)cc2)C2CC2)cc1OC. The standard InChI is InChI=1S/C18H20ClNO4S/c1-23-16-10-9-15(11-17(16)24-2)25(21,22)20-18(12-3-4-12)13-5-7-14(19)8-6-13/h5-12,18,20H,3-4H2,1-2H3/t18-/m1/s1. The van der Waals surface area contributed by atoms with Crippen molar-refractivity contribution in [2.75, 3.05) is 14.2 Å². The Morgan fingerprint density at radius 2 is 1.68 bits per heavy atom. The highest BCUT2D eigenvalue weighted by Gasteiger charge is 2.35. The number of hydrogen-bond donors (Lipinski definition) is 1. The first kappa shape index (κ1) is 18.0. The minimum atomic E-state index is -3.70. The maximum absolute atomic E-state index is 12.8. The third kappa shape index (κ3) is 4.08. The highest BCUT2D eigenvalue weighted by molar-refractivity contribution is 7.89. The smallest absolute Gasteiger partial charge is 0.241 e. The Kier molecular flexibility index (Phi) is 5.22. The van der Waals surface area contributed by atoms with Crippen molar-refractivity contribution in [1.29, 1.82) is 0 Å². The summed E-state index contributed by atoms with van der Waals surface area (Å²) in [6, 6.07) is 11.6. The van der Waals surface area contributed by atoms with E-state index in [1.54, 1.807) is 18.2 Å². The molecule has 7 heteroatoms. The van der Waals surface area contributed by atoms with Gasteiger partial charge in [0.25, 0.3) is 0 Å². The molecule has 0 radical (unpaired) electrons. The number of rotatable bonds is 7. The summed E-state index contributed by atoms with van der Waals surface area (Å²) >= 11 is 5.94. The lowest BCUT2D eigenvalue weighted by molar-refractivity contribution is 0.354. The molecule has 1 atom stereocenters. The predicted octanol–water partition coefficient (Wildman–Crippen LogP) is 3.79. The van der Waals surface area contributed by atoms with E-state index in [-0.39, 0.29) is 10.9 Å². The molecular weight excluding hydrogens is 362 g/mol. The zero-order chi connectivity index (χ0) is 18.0. The van der Waals surface area contributed by atoms with Crippen molar-refractivity contribution in [2.24, 2.45) is 5.92 Å². The van der Waals surface area contributed by atoms with Gasteiger partial charge in [-0.05, 0) is 48.6 Å². The van der Waals surface area contributed by atoms with E-state index in [2.05, 4.69) is 4.72 Å². The van der Waals surface area contributed by atoms with E-state index in [1.807, 2.05) is 12.1 Å². The lowest BCUT2D eigenvalue weighted by atomic mass is 10.0. The molecule has 0 aliphatic heterocycles. The zero-order valence-corrected chi connectivity index (χ0v) is 15.6. The summed E-state index contributed by atoms with van der Waals surface area (Å²) in [6.45, 7) is 0. The first-order valence-corrected chi connectivity index (χ1v) is 9.80. The fourth-order valence-electron chi connectivity index (χ4n) is 2.76. The fraction of sp³-hybridized carbons (Fsp3) is 0.333. The number of hydrogen-bond acceptors (Lipinski definition) is 4. The number of nitrogens with one attached hydrogen (secondary N) is 1. The normalized spacial score (nSPS) is 15.6. The van der Waals surface area contributed by atoms with Crippen LogP contribution in [-0.4, -0.2) is 22.6 Å². The van der Waals surface area contributed by atoms with Crippen LogP contribution in [0.4, 0.5) is 0 Å². The number of sulfonamides is 1. The Morgan fingerprint density at radius 1 is 1.04 bits per heavy atom. The van der Waals surface area contributed by atoms with Crippen LogP contribution in [0.3, 0.4) is 0 Å². The third-order valence-electron chi connectivity index (χ3n) is 4.27. The number of halogens is 1. The van der Waals surface area contributed by atoms with Crippen LogP contribution in [0.1, 0.15) is 24.4 Å². The number of ether oxygens (including phenoxy) is 2. The van der Waals surface area contributed by atoms with Gasteiger partial charge < -0.3 is 9.47 Å². The van der Waals surface area contributed by atoms with E-state index < -0.39 is 10.0 Å². The highest BCUT2D eigenvalue weighted by Crippen LogP contribution is 2.42. The van der Waals surface area contributed by atoms with Gasteiger partial charge in [0.2, 0.25) is 10.0 Å². The average molecular weight is 382 g/mol. The second-order valence-electron chi connectivity index (χ2n) is 6.00. The molecule has 1 aliphatic rings. The summed E-state index contributed by atoms with van der Waals surface area (Å²) in [6.07, 6.45) is 2.00. The van der Waals surface area contributed by atoms with E-state index in [0.29, 0.717) is 22.4 Å². The molecule has 2 aromatic carbocycles. The van der Waals surface area contributed by atoms with Crippen molar-refractivity contribution < 1.29 is 17.9 Å². The van der Waals surface area contributed by atoms with E-state index in [1.165, 1.54) is 26.4 Å². The van der Waals surface area contributed by atoms with Crippen molar-refractivity contribution in [1.82, 2.24) is 4.72 Å². The van der Waals surface area contributed by atoms with Crippen molar-refractivity contribution in [3.63, 3.8) is 0 Å². The van der Waals surface area contributed by atoms with Crippen LogP contribution in [0.25, 0.3) is 0 Å². The minimum Gasteiger partial charge on any atom is -0.493 e. The molecule has 0 amide bonds. The Hall–Kier alpha value is -1.76. The maximum atomic E-state index is 12.8. The van der Waals surface area contributed by atoms with E-state index in [4.69, 9.17) is 21.1 Å². The molecule has 2 aromatic rings. The Morgan fingerprint density at radius 3 is 2.24 bits per heavy atom. The summed E-state index contributed by atoms with van der Waals surface area (Å²) in [4.78, 5) is 0.143. The zero-order valence-electron chi connectivity index (χ0n) is 14.0. The van der Waals surface area contributed by atoms with Crippen LogP contribution < -0.4 is 14.2 Å². The van der Waals surface area contributed by atoms with Crippen LogP contribution in [0.2, 0.25) is 5.02 Å². The quantitative estimate of drug-likeness (QED) is 0.792. The van der Waals surface area contributed by atoms with Gasteiger partial charge in [-0.2, -0.15) is 0 Å². The first-order chi connectivity index (χ1) is 11.9. The molecule has 1 saturated carbocycles. The van der Waals surface area contributed by atoms with Gasteiger partial charge in [0, 0.05) is 17.1 Å². The van der Waals surface area contributed by atoms with Gasteiger partial charge in [0.1, 0.15) is 0 Å². The number of methoxy groups -OCH3 is 2. The Balaban J connectivity index is 1.89. The second-order valence-corrected chi connectivity index (χ2v) is 8.16.